The number of benzene rings is 2. The first-order valence-corrected chi connectivity index (χ1v) is 9.87. The van der Waals surface area contributed by atoms with Crippen LogP contribution in [0.25, 0.3) is 0 Å². The first kappa shape index (κ1) is 17.8. The monoisotopic (exact) mass is 382 g/mol. The van der Waals surface area contributed by atoms with Crippen LogP contribution in [0.3, 0.4) is 0 Å². The molecular weight excluding hydrogens is 360 g/mol. The van der Waals surface area contributed by atoms with Gasteiger partial charge in [0, 0.05) is 6.04 Å². The Kier molecular flexibility index (Phi) is 5.27. The van der Waals surface area contributed by atoms with Gasteiger partial charge in [-0.2, -0.15) is 0 Å². The summed E-state index contributed by atoms with van der Waals surface area (Å²) in [6.07, 6.45) is 4.23. The lowest BCUT2D eigenvalue weighted by molar-refractivity contribution is 0.299. The van der Waals surface area contributed by atoms with Gasteiger partial charge in [0.15, 0.2) is 0 Å². The molecular formula is C21H22N2O3S. The Morgan fingerprint density at radius 2 is 1.63 bits per heavy atom. The minimum atomic E-state index is 0.00736. The van der Waals surface area contributed by atoms with E-state index in [0.29, 0.717) is 10.3 Å². The van der Waals surface area contributed by atoms with Gasteiger partial charge in [0.05, 0.1) is 12.8 Å². The molecule has 2 aromatic carbocycles. The zero-order chi connectivity index (χ0) is 18.6. The lowest BCUT2D eigenvalue weighted by Crippen LogP contribution is -2.04. The van der Waals surface area contributed by atoms with Crippen LogP contribution in [0.1, 0.15) is 31.4 Å². The molecule has 0 bridgehead atoms. The van der Waals surface area contributed by atoms with Crippen molar-refractivity contribution < 1.29 is 14.2 Å². The van der Waals surface area contributed by atoms with Gasteiger partial charge >= 0.3 is 0 Å². The molecule has 1 aromatic heterocycles. The molecule has 0 radical (unpaired) electrons. The number of thiazole rings is 1. The van der Waals surface area contributed by atoms with Crippen molar-refractivity contribution >= 4 is 11.3 Å². The number of hydrogen-bond donors (Lipinski definition) is 1. The average Bonchev–Trinajstić information content (AvgIpc) is 3.41. The summed E-state index contributed by atoms with van der Waals surface area (Å²) in [5.74, 6) is 3.07. The second-order valence-corrected chi connectivity index (χ2v) is 7.69. The second-order valence-electron chi connectivity index (χ2n) is 6.73. The molecule has 5 nitrogen and oxygen atoms in total. The van der Waals surface area contributed by atoms with E-state index in [1.807, 2.05) is 55.5 Å². The molecule has 4 rings (SSSR count). The van der Waals surface area contributed by atoms with Crippen LogP contribution in [0.5, 0.6) is 27.5 Å². The molecule has 27 heavy (non-hydrogen) atoms. The molecule has 2 N–H and O–H groups in total. The SMILES string of the molecule is CC(N)c1ccc(Oc2cnc(Oc3ccc(OCC4CC4)cc3)s2)cc1. The summed E-state index contributed by atoms with van der Waals surface area (Å²) in [5.41, 5.74) is 6.93. The summed E-state index contributed by atoms with van der Waals surface area (Å²) < 4.78 is 17.4. The summed E-state index contributed by atoms with van der Waals surface area (Å²) in [5, 5.41) is 1.20. The molecule has 6 heteroatoms. The highest BCUT2D eigenvalue weighted by Gasteiger charge is 2.21. The number of nitrogens with two attached hydrogens (primary N) is 1. The number of nitrogens with zero attached hydrogens (tertiary/aromatic N) is 1. The molecule has 1 aliphatic carbocycles. The third-order valence-corrected chi connectivity index (χ3v) is 5.05. The van der Waals surface area contributed by atoms with Crippen LogP contribution in [0.2, 0.25) is 0 Å². The number of hydrogen-bond acceptors (Lipinski definition) is 6. The van der Waals surface area contributed by atoms with Crippen molar-refractivity contribution in [3.63, 3.8) is 0 Å². The van der Waals surface area contributed by atoms with Crippen molar-refractivity contribution in [1.82, 2.24) is 4.98 Å². The van der Waals surface area contributed by atoms with E-state index in [0.717, 1.165) is 35.3 Å². The minimum Gasteiger partial charge on any atom is -0.493 e. The number of aromatic nitrogens is 1. The van der Waals surface area contributed by atoms with Crippen LogP contribution >= 0.6 is 11.3 Å². The lowest BCUT2D eigenvalue weighted by atomic mass is 10.1. The van der Waals surface area contributed by atoms with E-state index in [-0.39, 0.29) is 6.04 Å². The van der Waals surface area contributed by atoms with E-state index in [1.165, 1.54) is 24.2 Å². The molecule has 140 valence electrons. The maximum absolute atomic E-state index is 5.86. The molecule has 0 amide bonds. The number of rotatable bonds is 8. The number of ether oxygens (including phenoxy) is 3. The summed E-state index contributed by atoms with van der Waals surface area (Å²) in [6, 6.07) is 15.3. The second kappa shape index (κ2) is 7.98. The molecule has 3 aromatic rings. The normalized spacial score (nSPS) is 14.6. The maximum Gasteiger partial charge on any atom is 0.282 e. The van der Waals surface area contributed by atoms with Crippen LogP contribution in [0, 0.1) is 5.92 Å². The average molecular weight is 382 g/mol. The molecule has 1 saturated carbocycles. The van der Waals surface area contributed by atoms with E-state index in [1.54, 1.807) is 6.20 Å². The third-order valence-electron chi connectivity index (χ3n) is 4.30. The van der Waals surface area contributed by atoms with Gasteiger partial charge in [0.25, 0.3) is 5.19 Å². The van der Waals surface area contributed by atoms with Crippen molar-refractivity contribution in [2.75, 3.05) is 6.61 Å². The summed E-state index contributed by atoms with van der Waals surface area (Å²) in [7, 11) is 0. The van der Waals surface area contributed by atoms with E-state index in [2.05, 4.69) is 4.98 Å². The summed E-state index contributed by atoms with van der Waals surface area (Å²) in [4.78, 5) is 4.26. The molecule has 1 atom stereocenters. The first-order valence-electron chi connectivity index (χ1n) is 9.05. The Labute approximate surface area is 162 Å². The summed E-state index contributed by atoms with van der Waals surface area (Å²) >= 11 is 1.35. The molecule has 1 aliphatic rings. The van der Waals surface area contributed by atoms with Crippen LogP contribution in [-0.4, -0.2) is 11.6 Å². The maximum atomic E-state index is 5.86. The lowest BCUT2D eigenvalue weighted by Gasteiger charge is -2.07. The molecule has 0 aliphatic heterocycles. The van der Waals surface area contributed by atoms with Gasteiger partial charge in [-0.3, -0.25) is 0 Å². The highest BCUT2D eigenvalue weighted by molar-refractivity contribution is 7.15. The quantitative estimate of drug-likeness (QED) is 0.554. The fourth-order valence-corrected chi connectivity index (χ4v) is 3.16. The minimum absolute atomic E-state index is 0.00736. The smallest absolute Gasteiger partial charge is 0.282 e. The fraction of sp³-hybridized carbons (Fsp3) is 0.286. The van der Waals surface area contributed by atoms with Crippen LogP contribution in [0.4, 0.5) is 0 Å². The van der Waals surface area contributed by atoms with Gasteiger partial charge in [-0.1, -0.05) is 12.1 Å². The molecule has 1 fully saturated rings. The Bertz CT molecular complexity index is 871. The van der Waals surface area contributed by atoms with Gasteiger partial charge in [-0.25, -0.2) is 4.98 Å². The highest BCUT2D eigenvalue weighted by atomic mass is 32.1. The van der Waals surface area contributed by atoms with Gasteiger partial charge in [-0.15, -0.1) is 0 Å². The van der Waals surface area contributed by atoms with Gasteiger partial charge in [-0.05, 0) is 79.0 Å². The van der Waals surface area contributed by atoms with E-state index < -0.39 is 0 Å². The Morgan fingerprint density at radius 3 is 2.30 bits per heavy atom. The fourth-order valence-electron chi connectivity index (χ4n) is 2.50. The van der Waals surface area contributed by atoms with Crippen LogP contribution < -0.4 is 19.9 Å². The van der Waals surface area contributed by atoms with Crippen molar-refractivity contribution in [2.24, 2.45) is 11.7 Å². The van der Waals surface area contributed by atoms with Gasteiger partial charge in [0.1, 0.15) is 17.2 Å². The Morgan fingerprint density at radius 1 is 1.00 bits per heavy atom. The van der Waals surface area contributed by atoms with Gasteiger partial charge < -0.3 is 19.9 Å². The highest BCUT2D eigenvalue weighted by Crippen LogP contribution is 2.35. The molecule has 0 saturated heterocycles. The first-order chi connectivity index (χ1) is 13.2. The predicted octanol–water partition coefficient (Wildman–Crippen LogP) is 5.54. The van der Waals surface area contributed by atoms with Gasteiger partial charge in [0.2, 0.25) is 5.06 Å². The zero-order valence-electron chi connectivity index (χ0n) is 15.1. The predicted molar refractivity (Wildman–Crippen MR) is 106 cm³/mol. The topological polar surface area (TPSA) is 66.6 Å². The Balaban J connectivity index is 1.33. The van der Waals surface area contributed by atoms with Crippen LogP contribution in [0.15, 0.2) is 54.7 Å². The van der Waals surface area contributed by atoms with Crippen molar-refractivity contribution in [3.05, 3.63) is 60.3 Å². The zero-order valence-corrected chi connectivity index (χ0v) is 15.9. The van der Waals surface area contributed by atoms with Crippen molar-refractivity contribution in [2.45, 2.75) is 25.8 Å². The van der Waals surface area contributed by atoms with Crippen molar-refractivity contribution in [3.8, 4) is 27.5 Å². The summed E-state index contributed by atoms with van der Waals surface area (Å²) in [6.45, 7) is 2.76. The standard InChI is InChI=1S/C21H22N2O3S/c1-14(22)16-4-6-18(7-5-16)25-20-12-23-21(27-20)26-19-10-8-17(9-11-19)24-13-15-2-3-15/h4-12,14-15H,2-3,13,22H2,1H3. The molecule has 0 spiro atoms. The largest absolute Gasteiger partial charge is 0.493 e. The third kappa shape index (κ3) is 4.99. The van der Waals surface area contributed by atoms with E-state index >= 15 is 0 Å². The van der Waals surface area contributed by atoms with E-state index in [4.69, 9.17) is 19.9 Å². The van der Waals surface area contributed by atoms with E-state index in [9.17, 15) is 0 Å². The Hall–Kier alpha value is -2.57. The van der Waals surface area contributed by atoms with Crippen LogP contribution in [-0.2, 0) is 0 Å². The van der Waals surface area contributed by atoms with Crippen molar-refractivity contribution in [1.29, 1.82) is 0 Å². The molecule has 1 heterocycles. The molecule has 1 unspecified atom stereocenters.